The number of hydrogen-bond donors (Lipinski definition) is 2. The second-order valence-electron chi connectivity index (χ2n) is 9.26. The molecule has 0 atom stereocenters. The molecule has 0 unspecified atom stereocenters. The Hall–Kier alpha value is -4.07. The predicted molar refractivity (Wildman–Crippen MR) is 132 cm³/mol. The van der Waals surface area contributed by atoms with Gasteiger partial charge in [0.2, 0.25) is 0 Å². The van der Waals surface area contributed by atoms with Crippen LogP contribution in [0, 0.1) is 0 Å². The lowest BCUT2D eigenvalue weighted by Crippen LogP contribution is -2.37. The fourth-order valence-corrected chi connectivity index (χ4v) is 4.82. The highest BCUT2D eigenvalue weighted by atomic mass is 16.5. The summed E-state index contributed by atoms with van der Waals surface area (Å²) in [6.07, 6.45) is 4.42. The van der Waals surface area contributed by atoms with E-state index >= 15 is 0 Å². The number of methoxy groups -OCH3 is 1. The topological polar surface area (TPSA) is 92.2 Å². The number of nitrogens with zero attached hydrogens (tertiary/aromatic N) is 3. The Kier molecular flexibility index (Phi) is 5.28. The van der Waals surface area contributed by atoms with Crippen LogP contribution in [0.15, 0.2) is 54.7 Å². The van der Waals surface area contributed by atoms with E-state index < -0.39 is 0 Å². The van der Waals surface area contributed by atoms with Gasteiger partial charge in [0.15, 0.2) is 5.69 Å². The van der Waals surface area contributed by atoms with Gasteiger partial charge in [-0.1, -0.05) is 30.3 Å². The summed E-state index contributed by atoms with van der Waals surface area (Å²) in [4.78, 5) is 31.6. The van der Waals surface area contributed by atoms with Crippen LogP contribution in [0.2, 0.25) is 0 Å². The number of benzene rings is 2. The zero-order valence-corrected chi connectivity index (χ0v) is 19.6. The largest absolute Gasteiger partial charge is 0.497 e. The van der Waals surface area contributed by atoms with Gasteiger partial charge < -0.3 is 19.9 Å². The number of fused-ring (bicyclic) bond motifs is 2. The Labute approximate surface area is 202 Å². The standard InChI is InChI=1S/C27H27N5O3/c1-35-19-6-4-5-17(13-19)15-32-24-11-12-31(16-22(24)25(30-32)26(33)29-18-9-10-18)27(34)21-14-28-23-8-3-2-7-20(21)23/h2-8,13-14,18,28H,9-12,15-16H2,1H3,(H,29,33). The maximum Gasteiger partial charge on any atom is 0.272 e. The van der Waals surface area contributed by atoms with Crippen molar-refractivity contribution in [1.29, 1.82) is 0 Å². The highest BCUT2D eigenvalue weighted by molar-refractivity contribution is 6.06. The molecule has 8 heteroatoms. The van der Waals surface area contributed by atoms with E-state index in [2.05, 4.69) is 10.3 Å². The van der Waals surface area contributed by atoms with Crippen LogP contribution < -0.4 is 10.1 Å². The van der Waals surface area contributed by atoms with Crippen LogP contribution >= 0.6 is 0 Å². The third kappa shape index (κ3) is 4.05. The second-order valence-corrected chi connectivity index (χ2v) is 9.26. The SMILES string of the molecule is COc1cccc(Cn2nc(C(=O)NC3CC3)c3c2CCN(C(=O)c2c[nH]c4ccccc24)C3)c1. The predicted octanol–water partition coefficient (Wildman–Crippen LogP) is 3.51. The summed E-state index contributed by atoms with van der Waals surface area (Å²) < 4.78 is 7.28. The summed E-state index contributed by atoms with van der Waals surface area (Å²) in [6, 6.07) is 15.9. The lowest BCUT2D eigenvalue weighted by atomic mass is 10.0. The zero-order chi connectivity index (χ0) is 23.9. The number of carbonyl (C=O) groups excluding carboxylic acids is 2. The molecule has 35 heavy (non-hydrogen) atoms. The minimum Gasteiger partial charge on any atom is -0.497 e. The molecule has 0 saturated heterocycles. The zero-order valence-electron chi connectivity index (χ0n) is 19.6. The average molecular weight is 470 g/mol. The number of aromatic amines is 1. The van der Waals surface area contributed by atoms with Gasteiger partial charge in [-0.05, 0) is 36.6 Å². The molecule has 1 fully saturated rings. The summed E-state index contributed by atoms with van der Waals surface area (Å²) in [5.74, 6) is 0.586. The molecule has 1 aliphatic heterocycles. The molecule has 2 aromatic carbocycles. The number of hydrogen-bond acceptors (Lipinski definition) is 4. The molecule has 4 aromatic rings. The van der Waals surface area contributed by atoms with E-state index in [1.54, 1.807) is 13.3 Å². The molecule has 0 bridgehead atoms. The van der Waals surface area contributed by atoms with Crippen LogP contribution in [0.1, 0.15) is 50.5 Å². The monoisotopic (exact) mass is 469 g/mol. The van der Waals surface area contributed by atoms with E-state index in [4.69, 9.17) is 9.84 Å². The van der Waals surface area contributed by atoms with Gasteiger partial charge in [0.25, 0.3) is 11.8 Å². The van der Waals surface area contributed by atoms with E-state index in [0.29, 0.717) is 37.3 Å². The Bertz CT molecular complexity index is 1430. The van der Waals surface area contributed by atoms with Crippen molar-refractivity contribution in [2.75, 3.05) is 13.7 Å². The Balaban J connectivity index is 1.32. The highest BCUT2D eigenvalue weighted by Crippen LogP contribution is 2.28. The molecule has 1 aliphatic carbocycles. The van der Waals surface area contributed by atoms with Gasteiger partial charge in [0.05, 0.1) is 25.8 Å². The van der Waals surface area contributed by atoms with Gasteiger partial charge in [0.1, 0.15) is 5.75 Å². The third-order valence-corrected chi connectivity index (χ3v) is 6.83. The number of carbonyl (C=O) groups is 2. The average Bonchev–Trinajstić information content (AvgIpc) is 3.48. The lowest BCUT2D eigenvalue weighted by molar-refractivity contribution is 0.0732. The number of rotatable bonds is 6. The first-order chi connectivity index (χ1) is 17.1. The van der Waals surface area contributed by atoms with Gasteiger partial charge in [-0.15, -0.1) is 0 Å². The van der Waals surface area contributed by atoms with Crippen molar-refractivity contribution in [3.05, 3.63) is 82.8 Å². The summed E-state index contributed by atoms with van der Waals surface area (Å²) in [7, 11) is 1.65. The van der Waals surface area contributed by atoms with Crippen molar-refractivity contribution in [2.45, 2.75) is 38.4 Å². The first-order valence-corrected chi connectivity index (χ1v) is 12.0. The van der Waals surface area contributed by atoms with E-state index in [9.17, 15) is 9.59 Å². The maximum absolute atomic E-state index is 13.5. The molecular formula is C27H27N5O3. The molecule has 2 aromatic heterocycles. The number of nitrogens with one attached hydrogen (secondary N) is 2. The molecule has 3 heterocycles. The van der Waals surface area contributed by atoms with E-state index in [0.717, 1.165) is 46.3 Å². The van der Waals surface area contributed by atoms with Crippen LogP contribution in [0.5, 0.6) is 5.75 Å². The molecule has 0 radical (unpaired) electrons. The minimum atomic E-state index is -0.158. The summed E-state index contributed by atoms with van der Waals surface area (Å²) in [6.45, 7) is 1.46. The van der Waals surface area contributed by atoms with Gasteiger partial charge in [-0.25, -0.2) is 0 Å². The lowest BCUT2D eigenvalue weighted by Gasteiger charge is -2.28. The normalized spacial score (nSPS) is 15.2. The van der Waals surface area contributed by atoms with Crippen molar-refractivity contribution in [3.8, 4) is 5.75 Å². The smallest absolute Gasteiger partial charge is 0.272 e. The van der Waals surface area contributed by atoms with Crippen molar-refractivity contribution in [2.24, 2.45) is 0 Å². The van der Waals surface area contributed by atoms with E-state index in [-0.39, 0.29) is 17.9 Å². The highest BCUT2D eigenvalue weighted by Gasteiger charge is 2.33. The maximum atomic E-state index is 13.5. The van der Waals surface area contributed by atoms with Crippen LogP contribution in [0.4, 0.5) is 0 Å². The summed E-state index contributed by atoms with van der Waals surface area (Å²) >= 11 is 0. The summed E-state index contributed by atoms with van der Waals surface area (Å²) in [5.41, 5.74) is 4.90. The van der Waals surface area contributed by atoms with Gasteiger partial charge in [0, 0.05) is 47.4 Å². The van der Waals surface area contributed by atoms with Crippen LogP contribution in [-0.2, 0) is 19.5 Å². The molecule has 2 N–H and O–H groups in total. The quantitative estimate of drug-likeness (QED) is 0.452. The first kappa shape index (κ1) is 21.5. The number of ether oxygens (including phenoxy) is 1. The van der Waals surface area contributed by atoms with Gasteiger partial charge in [-0.2, -0.15) is 5.10 Å². The van der Waals surface area contributed by atoms with Crippen molar-refractivity contribution < 1.29 is 14.3 Å². The molecule has 0 spiro atoms. The van der Waals surface area contributed by atoms with E-state index in [1.807, 2.05) is 58.1 Å². The molecular weight excluding hydrogens is 442 g/mol. The Morgan fingerprint density at radius 1 is 1.17 bits per heavy atom. The molecule has 178 valence electrons. The summed E-state index contributed by atoms with van der Waals surface area (Å²) in [5, 5.41) is 8.72. The Morgan fingerprint density at radius 2 is 2.03 bits per heavy atom. The fourth-order valence-electron chi connectivity index (χ4n) is 4.82. The molecule has 1 saturated carbocycles. The van der Waals surface area contributed by atoms with Gasteiger partial charge in [-0.3, -0.25) is 14.3 Å². The Morgan fingerprint density at radius 3 is 2.86 bits per heavy atom. The van der Waals surface area contributed by atoms with Crippen molar-refractivity contribution in [3.63, 3.8) is 0 Å². The van der Waals surface area contributed by atoms with Crippen LogP contribution in [-0.4, -0.2) is 51.2 Å². The molecule has 2 amide bonds. The van der Waals surface area contributed by atoms with Crippen molar-refractivity contribution in [1.82, 2.24) is 25.0 Å². The van der Waals surface area contributed by atoms with Crippen LogP contribution in [0.3, 0.4) is 0 Å². The number of para-hydroxylation sites is 1. The number of amides is 2. The van der Waals surface area contributed by atoms with Gasteiger partial charge >= 0.3 is 0 Å². The third-order valence-electron chi connectivity index (χ3n) is 6.83. The second kappa shape index (κ2) is 8.61. The molecule has 6 rings (SSSR count). The van der Waals surface area contributed by atoms with Crippen LogP contribution in [0.25, 0.3) is 10.9 Å². The molecule has 8 nitrogen and oxygen atoms in total. The minimum absolute atomic E-state index is 0.0396. The first-order valence-electron chi connectivity index (χ1n) is 12.0. The van der Waals surface area contributed by atoms with Crippen molar-refractivity contribution >= 4 is 22.7 Å². The fraction of sp³-hybridized carbons (Fsp3) is 0.296. The molecule has 2 aliphatic rings. The number of H-pyrrole nitrogens is 1. The van der Waals surface area contributed by atoms with E-state index in [1.165, 1.54) is 0 Å². The number of aromatic nitrogens is 3.